The second-order valence-electron chi connectivity index (χ2n) is 6.00. The van der Waals surface area contributed by atoms with Crippen molar-refractivity contribution >= 4 is 21.7 Å². The van der Waals surface area contributed by atoms with Crippen molar-refractivity contribution in [2.45, 2.75) is 32.2 Å². The Labute approximate surface area is 135 Å². The smallest absolute Gasteiger partial charge is 0.140 e. The molecule has 0 aliphatic carbocycles. The number of nitrogens with zero attached hydrogens (tertiary/aromatic N) is 4. The third kappa shape index (κ3) is 3.93. The molecule has 5 nitrogen and oxygen atoms in total. The zero-order valence-corrected chi connectivity index (χ0v) is 15.0. The molecule has 0 aromatic carbocycles. The molecule has 0 spiro atoms. The maximum atomic E-state index is 12.4. The average molecular weight is 357 g/mol. The molecule has 1 fully saturated rings. The molecule has 1 aliphatic heterocycles. The number of carbonyl (C=O) groups is 1. The van der Waals surface area contributed by atoms with Gasteiger partial charge in [0.2, 0.25) is 0 Å². The van der Waals surface area contributed by atoms with Gasteiger partial charge < -0.3 is 9.80 Å². The van der Waals surface area contributed by atoms with Gasteiger partial charge in [-0.25, -0.2) is 0 Å². The normalized spacial score (nSPS) is 20.9. The summed E-state index contributed by atoms with van der Waals surface area (Å²) in [6.45, 7) is 5.15. The molecule has 0 amide bonds. The maximum absolute atomic E-state index is 12.4. The first-order valence-corrected chi connectivity index (χ1v) is 8.32. The molecule has 1 atom stereocenters. The predicted octanol–water partition coefficient (Wildman–Crippen LogP) is 1.49. The van der Waals surface area contributed by atoms with Crippen molar-refractivity contribution in [2.24, 2.45) is 7.05 Å². The van der Waals surface area contributed by atoms with Gasteiger partial charge >= 0.3 is 0 Å². The molecule has 1 aliphatic rings. The van der Waals surface area contributed by atoms with Crippen LogP contribution in [0.3, 0.4) is 0 Å². The van der Waals surface area contributed by atoms with Crippen molar-refractivity contribution in [2.75, 3.05) is 33.7 Å². The summed E-state index contributed by atoms with van der Waals surface area (Å²) < 4.78 is 2.83. The van der Waals surface area contributed by atoms with E-state index in [1.807, 2.05) is 11.7 Å². The van der Waals surface area contributed by atoms with E-state index >= 15 is 0 Å². The first-order valence-electron chi connectivity index (χ1n) is 7.53. The fourth-order valence-corrected chi connectivity index (χ4v) is 3.61. The van der Waals surface area contributed by atoms with Crippen LogP contribution in [0.4, 0.5) is 0 Å². The van der Waals surface area contributed by atoms with Crippen molar-refractivity contribution in [1.29, 1.82) is 0 Å². The number of hydrogen-bond acceptors (Lipinski definition) is 4. The third-order valence-electron chi connectivity index (χ3n) is 4.31. The summed E-state index contributed by atoms with van der Waals surface area (Å²) in [5, 5.41) is 4.45. The number of rotatable bonds is 5. The summed E-state index contributed by atoms with van der Waals surface area (Å²) in [4.78, 5) is 17.0. The van der Waals surface area contributed by atoms with Gasteiger partial charge in [0, 0.05) is 45.6 Å². The Morgan fingerprint density at radius 2 is 2.05 bits per heavy atom. The lowest BCUT2D eigenvalue weighted by Crippen LogP contribution is -2.50. The number of ketones is 1. The SMILES string of the molecule is CCc1nn(C)c(CC(=O)CC2CN(C)CCN2C)c1Br. The Morgan fingerprint density at radius 1 is 1.33 bits per heavy atom. The average Bonchev–Trinajstić information content (AvgIpc) is 2.70. The summed E-state index contributed by atoms with van der Waals surface area (Å²) in [5.41, 5.74) is 2.01. The van der Waals surface area contributed by atoms with Gasteiger partial charge in [0.1, 0.15) is 5.78 Å². The molecule has 1 saturated heterocycles. The Kier molecular flexibility index (Phi) is 5.57. The molecule has 1 aromatic rings. The molecule has 21 heavy (non-hydrogen) atoms. The van der Waals surface area contributed by atoms with Gasteiger partial charge in [-0.1, -0.05) is 6.92 Å². The number of hydrogen-bond donors (Lipinski definition) is 0. The van der Waals surface area contributed by atoms with E-state index in [2.05, 4.69) is 51.8 Å². The van der Waals surface area contributed by atoms with E-state index in [1.54, 1.807) is 0 Å². The van der Waals surface area contributed by atoms with E-state index in [1.165, 1.54) is 0 Å². The molecular weight excluding hydrogens is 332 g/mol. The Hall–Kier alpha value is -0.720. The van der Waals surface area contributed by atoms with Crippen LogP contribution in [-0.4, -0.2) is 65.1 Å². The van der Waals surface area contributed by atoms with Gasteiger partial charge in [-0.05, 0) is 36.4 Å². The Morgan fingerprint density at radius 3 is 2.67 bits per heavy atom. The molecule has 2 heterocycles. The number of likely N-dealkylation sites (N-methyl/N-ethyl adjacent to an activating group) is 2. The first-order chi connectivity index (χ1) is 9.92. The van der Waals surface area contributed by atoms with E-state index in [-0.39, 0.29) is 5.78 Å². The van der Waals surface area contributed by atoms with Gasteiger partial charge in [0.25, 0.3) is 0 Å². The van der Waals surface area contributed by atoms with Gasteiger partial charge in [0.05, 0.1) is 15.9 Å². The molecule has 6 heteroatoms. The second kappa shape index (κ2) is 7.03. The zero-order chi connectivity index (χ0) is 15.6. The minimum Gasteiger partial charge on any atom is -0.304 e. The number of piperazine rings is 1. The van der Waals surface area contributed by atoms with Gasteiger partial charge in [-0.15, -0.1) is 0 Å². The number of aryl methyl sites for hydroxylation is 2. The van der Waals surface area contributed by atoms with Crippen molar-refractivity contribution < 1.29 is 4.79 Å². The topological polar surface area (TPSA) is 41.4 Å². The number of aromatic nitrogens is 2. The fourth-order valence-electron chi connectivity index (χ4n) is 2.86. The summed E-state index contributed by atoms with van der Waals surface area (Å²) in [6.07, 6.45) is 1.94. The van der Waals surface area contributed by atoms with Crippen molar-refractivity contribution in [3.63, 3.8) is 0 Å². The molecule has 0 N–H and O–H groups in total. The van der Waals surface area contributed by atoms with Crippen LogP contribution in [0.5, 0.6) is 0 Å². The molecule has 118 valence electrons. The predicted molar refractivity (Wildman–Crippen MR) is 87.5 cm³/mol. The molecular formula is C15H25BrN4O. The van der Waals surface area contributed by atoms with Crippen LogP contribution in [0.15, 0.2) is 4.47 Å². The largest absolute Gasteiger partial charge is 0.304 e. The molecule has 1 unspecified atom stereocenters. The number of halogens is 1. The van der Waals surface area contributed by atoms with Crippen LogP contribution in [0, 0.1) is 0 Å². The minimum absolute atomic E-state index is 0.286. The Balaban J connectivity index is 2.00. The molecule has 0 saturated carbocycles. The van der Waals surface area contributed by atoms with E-state index in [0.29, 0.717) is 18.9 Å². The monoisotopic (exact) mass is 356 g/mol. The van der Waals surface area contributed by atoms with E-state index in [9.17, 15) is 4.79 Å². The van der Waals surface area contributed by atoms with Crippen LogP contribution in [0.1, 0.15) is 24.7 Å². The van der Waals surface area contributed by atoms with Gasteiger partial charge in [0.15, 0.2) is 0 Å². The van der Waals surface area contributed by atoms with Gasteiger partial charge in [-0.2, -0.15) is 5.10 Å². The summed E-state index contributed by atoms with van der Waals surface area (Å²) in [5.74, 6) is 0.286. The second-order valence-corrected chi connectivity index (χ2v) is 6.79. The highest BCUT2D eigenvalue weighted by molar-refractivity contribution is 9.10. The van der Waals surface area contributed by atoms with E-state index in [0.717, 1.165) is 41.9 Å². The molecule has 0 radical (unpaired) electrons. The highest BCUT2D eigenvalue weighted by atomic mass is 79.9. The van der Waals surface area contributed by atoms with Crippen LogP contribution < -0.4 is 0 Å². The highest BCUT2D eigenvalue weighted by Crippen LogP contribution is 2.23. The maximum Gasteiger partial charge on any atom is 0.140 e. The highest BCUT2D eigenvalue weighted by Gasteiger charge is 2.25. The van der Waals surface area contributed by atoms with Crippen LogP contribution in [0.2, 0.25) is 0 Å². The standard InChI is InChI=1S/C15H25BrN4O/c1-5-13-15(16)14(20(4)17-13)9-12(21)8-11-10-18(2)6-7-19(11)3/h11H,5-10H2,1-4H3. The zero-order valence-electron chi connectivity index (χ0n) is 13.4. The quantitative estimate of drug-likeness (QED) is 0.801. The number of carbonyl (C=O) groups excluding carboxylic acids is 1. The van der Waals surface area contributed by atoms with Crippen molar-refractivity contribution in [1.82, 2.24) is 19.6 Å². The lowest BCUT2D eigenvalue weighted by Gasteiger charge is -2.37. The summed E-state index contributed by atoms with van der Waals surface area (Å²) in [6, 6.07) is 0.328. The Bertz CT molecular complexity index is 514. The molecule has 1 aromatic heterocycles. The first kappa shape index (κ1) is 16.6. The third-order valence-corrected chi connectivity index (χ3v) is 5.23. The van der Waals surface area contributed by atoms with Crippen LogP contribution in [0.25, 0.3) is 0 Å². The van der Waals surface area contributed by atoms with Gasteiger partial charge in [-0.3, -0.25) is 9.48 Å². The van der Waals surface area contributed by atoms with E-state index in [4.69, 9.17) is 0 Å². The molecule has 0 bridgehead atoms. The fraction of sp³-hybridized carbons (Fsp3) is 0.733. The van der Waals surface area contributed by atoms with Crippen LogP contribution >= 0.6 is 15.9 Å². The molecule has 2 rings (SSSR count). The van der Waals surface area contributed by atoms with E-state index < -0.39 is 0 Å². The lowest BCUT2D eigenvalue weighted by molar-refractivity contribution is -0.120. The van der Waals surface area contributed by atoms with Crippen LogP contribution in [-0.2, 0) is 24.7 Å². The summed E-state index contributed by atoms with van der Waals surface area (Å²) >= 11 is 3.58. The van der Waals surface area contributed by atoms with Crippen molar-refractivity contribution in [3.05, 3.63) is 15.9 Å². The number of Topliss-reactive ketones (excluding diaryl/α,β-unsaturated/α-hetero) is 1. The van der Waals surface area contributed by atoms with Crippen molar-refractivity contribution in [3.8, 4) is 0 Å². The minimum atomic E-state index is 0.286. The summed E-state index contributed by atoms with van der Waals surface area (Å²) in [7, 11) is 6.14. The lowest BCUT2D eigenvalue weighted by atomic mass is 10.0.